The van der Waals surface area contributed by atoms with Crippen LogP contribution in [-0.2, 0) is 6.42 Å². The highest BCUT2D eigenvalue weighted by molar-refractivity contribution is 9.10. The molecule has 1 heteroatoms. The number of halogens is 1. The summed E-state index contributed by atoms with van der Waals surface area (Å²) in [4.78, 5) is 0. The fourth-order valence-corrected chi connectivity index (χ4v) is 5.34. The quantitative estimate of drug-likeness (QED) is 0.181. The number of allylic oxidation sites excluding steroid dienone is 1. The normalized spacial score (nSPS) is 11.6. The predicted molar refractivity (Wildman–Crippen MR) is 167 cm³/mol. The number of benzene rings is 6. The molecule has 0 spiro atoms. The van der Waals surface area contributed by atoms with Gasteiger partial charge in [0.2, 0.25) is 0 Å². The summed E-state index contributed by atoms with van der Waals surface area (Å²) in [7, 11) is 0. The van der Waals surface area contributed by atoms with Crippen LogP contribution >= 0.6 is 15.9 Å². The minimum Gasteiger partial charge on any atom is -0.0622 e. The minimum absolute atomic E-state index is 0.868. The SMILES string of the molecule is Brc1ccc(-c2ccc(/C(=C\c3ccc(-c4ccccc4)c4ccccc34)Cc3ccccc3)cc2)cc1. The van der Waals surface area contributed by atoms with Gasteiger partial charge in [0.25, 0.3) is 0 Å². The molecule has 0 unspecified atom stereocenters. The third kappa shape index (κ3) is 5.25. The molecular formula is C37H27Br. The lowest BCUT2D eigenvalue weighted by Gasteiger charge is -2.13. The van der Waals surface area contributed by atoms with Crippen LogP contribution in [-0.4, -0.2) is 0 Å². The lowest BCUT2D eigenvalue weighted by molar-refractivity contribution is 1.29. The Balaban J connectivity index is 1.45. The molecule has 0 atom stereocenters. The van der Waals surface area contributed by atoms with Crippen LogP contribution < -0.4 is 0 Å². The Labute approximate surface area is 233 Å². The van der Waals surface area contributed by atoms with E-state index in [1.165, 1.54) is 55.3 Å². The molecule has 0 aromatic heterocycles. The molecule has 6 rings (SSSR count). The van der Waals surface area contributed by atoms with Crippen LogP contribution in [0.2, 0.25) is 0 Å². The number of hydrogen-bond donors (Lipinski definition) is 0. The van der Waals surface area contributed by atoms with Gasteiger partial charge in [-0.3, -0.25) is 0 Å². The van der Waals surface area contributed by atoms with Crippen molar-refractivity contribution < 1.29 is 0 Å². The molecule has 0 saturated heterocycles. The van der Waals surface area contributed by atoms with E-state index in [-0.39, 0.29) is 0 Å². The highest BCUT2D eigenvalue weighted by atomic mass is 79.9. The number of rotatable bonds is 6. The van der Waals surface area contributed by atoms with E-state index in [9.17, 15) is 0 Å². The fourth-order valence-electron chi connectivity index (χ4n) is 5.08. The summed E-state index contributed by atoms with van der Waals surface area (Å²) >= 11 is 3.54. The first-order valence-corrected chi connectivity index (χ1v) is 13.7. The summed E-state index contributed by atoms with van der Waals surface area (Å²) in [5, 5.41) is 2.54. The van der Waals surface area contributed by atoms with Gasteiger partial charge in [-0.2, -0.15) is 0 Å². The minimum atomic E-state index is 0.868. The van der Waals surface area contributed by atoms with Crippen LogP contribution in [0.4, 0.5) is 0 Å². The zero-order valence-corrected chi connectivity index (χ0v) is 22.6. The summed E-state index contributed by atoms with van der Waals surface area (Å²) in [6.45, 7) is 0. The van der Waals surface area contributed by atoms with Gasteiger partial charge in [0.05, 0.1) is 0 Å². The van der Waals surface area contributed by atoms with E-state index in [0.29, 0.717) is 0 Å². The smallest absolute Gasteiger partial charge is 0.0175 e. The van der Waals surface area contributed by atoms with Crippen molar-refractivity contribution in [3.8, 4) is 22.3 Å². The standard InChI is InChI=1S/C37H27Br/c38-34-22-19-29(20-23-34)28-15-17-30(18-16-28)33(25-27-9-3-1-4-10-27)26-32-21-24-36(31-11-5-2-6-12-31)37-14-8-7-13-35(32)37/h1-24,26H,25H2/b33-26-. The van der Waals surface area contributed by atoms with Crippen molar-refractivity contribution in [3.05, 3.63) is 167 Å². The van der Waals surface area contributed by atoms with Gasteiger partial charge in [-0.1, -0.05) is 155 Å². The second-order valence-electron chi connectivity index (χ2n) is 9.53. The van der Waals surface area contributed by atoms with Gasteiger partial charge in [0.15, 0.2) is 0 Å². The first kappa shape index (κ1) is 24.2. The summed E-state index contributed by atoms with van der Waals surface area (Å²) < 4.78 is 1.09. The summed E-state index contributed by atoms with van der Waals surface area (Å²) in [5.74, 6) is 0. The van der Waals surface area contributed by atoms with E-state index in [1.54, 1.807) is 0 Å². The van der Waals surface area contributed by atoms with Crippen molar-refractivity contribution in [1.29, 1.82) is 0 Å². The van der Waals surface area contributed by atoms with Crippen LogP contribution in [0.25, 0.3) is 44.7 Å². The molecule has 0 aliphatic heterocycles. The van der Waals surface area contributed by atoms with Gasteiger partial charge in [0, 0.05) is 4.47 Å². The first-order chi connectivity index (χ1) is 18.7. The van der Waals surface area contributed by atoms with E-state index < -0.39 is 0 Å². The largest absolute Gasteiger partial charge is 0.0622 e. The maximum atomic E-state index is 3.54. The molecule has 0 nitrogen and oxygen atoms in total. The molecule has 0 bridgehead atoms. The van der Waals surface area contributed by atoms with Crippen molar-refractivity contribution in [2.24, 2.45) is 0 Å². The van der Waals surface area contributed by atoms with Crippen molar-refractivity contribution >= 4 is 38.4 Å². The molecule has 0 aliphatic rings. The van der Waals surface area contributed by atoms with Gasteiger partial charge in [-0.05, 0) is 73.8 Å². The summed E-state index contributed by atoms with van der Waals surface area (Å²) in [6.07, 6.45) is 3.24. The predicted octanol–water partition coefficient (Wildman–Crippen LogP) is 10.7. The maximum absolute atomic E-state index is 3.54. The molecule has 0 saturated carbocycles. The van der Waals surface area contributed by atoms with Gasteiger partial charge in [-0.15, -0.1) is 0 Å². The molecule has 0 aliphatic carbocycles. The average Bonchev–Trinajstić information content (AvgIpc) is 2.98. The molecule has 38 heavy (non-hydrogen) atoms. The molecule has 0 heterocycles. The molecule has 0 radical (unpaired) electrons. The molecule has 6 aromatic rings. The van der Waals surface area contributed by atoms with Crippen LogP contribution in [0.5, 0.6) is 0 Å². The molecule has 6 aromatic carbocycles. The van der Waals surface area contributed by atoms with Gasteiger partial charge < -0.3 is 0 Å². The number of fused-ring (bicyclic) bond motifs is 1. The topological polar surface area (TPSA) is 0 Å². The van der Waals surface area contributed by atoms with Crippen molar-refractivity contribution in [2.75, 3.05) is 0 Å². The van der Waals surface area contributed by atoms with Crippen LogP contribution in [0.1, 0.15) is 16.7 Å². The highest BCUT2D eigenvalue weighted by Gasteiger charge is 2.10. The summed E-state index contributed by atoms with van der Waals surface area (Å²) in [5.41, 5.74) is 10.0. The monoisotopic (exact) mass is 550 g/mol. The Hall–Kier alpha value is -4.20. The Bertz CT molecular complexity index is 1700. The Morgan fingerprint density at radius 2 is 1.08 bits per heavy atom. The molecule has 0 fully saturated rings. The lowest BCUT2D eigenvalue weighted by atomic mass is 9.91. The molecule has 182 valence electrons. The van der Waals surface area contributed by atoms with E-state index in [4.69, 9.17) is 0 Å². The van der Waals surface area contributed by atoms with Crippen molar-refractivity contribution in [1.82, 2.24) is 0 Å². The van der Waals surface area contributed by atoms with Crippen molar-refractivity contribution in [3.63, 3.8) is 0 Å². The van der Waals surface area contributed by atoms with E-state index in [0.717, 1.165) is 10.9 Å². The molecular weight excluding hydrogens is 524 g/mol. The van der Waals surface area contributed by atoms with E-state index >= 15 is 0 Å². The van der Waals surface area contributed by atoms with E-state index in [1.807, 2.05) is 0 Å². The Morgan fingerprint density at radius 3 is 1.76 bits per heavy atom. The third-order valence-electron chi connectivity index (χ3n) is 7.04. The molecule has 0 amide bonds. The highest BCUT2D eigenvalue weighted by Crippen LogP contribution is 2.34. The zero-order chi connectivity index (χ0) is 25.7. The fraction of sp³-hybridized carbons (Fsp3) is 0.0270. The van der Waals surface area contributed by atoms with Crippen molar-refractivity contribution in [2.45, 2.75) is 6.42 Å². The summed E-state index contributed by atoms with van der Waals surface area (Å²) in [6, 6.07) is 52.1. The van der Waals surface area contributed by atoms with Gasteiger partial charge in [0.1, 0.15) is 0 Å². The first-order valence-electron chi connectivity index (χ1n) is 12.9. The Kier molecular flexibility index (Phi) is 7.02. The lowest BCUT2D eigenvalue weighted by Crippen LogP contribution is -1.93. The number of hydrogen-bond acceptors (Lipinski definition) is 0. The van der Waals surface area contributed by atoms with Gasteiger partial charge >= 0.3 is 0 Å². The third-order valence-corrected chi connectivity index (χ3v) is 7.57. The van der Waals surface area contributed by atoms with Gasteiger partial charge in [-0.25, -0.2) is 0 Å². The van der Waals surface area contributed by atoms with Crippen LogP contribution in [0.15, 0.2) is 150 Å². The maximum Gasteiger partial charge on any atom is 0.0175 e. The molecule has 0 N–H and O–H groups in total. The second-order valence-corrected chi connectivity index (χ2v) is 10.4. The average molecular weight is 552 g/mol. The van der Waals surface area contributed by atoms with Crippen LogP contribution in [0, 0.1) is 0 Å². The van der Waals surface area contributed by atoms with Crippen LogP contribution in [0.3, 0.4) is 0 Å². The zero-order valence-electron chi connectivity index (χ0n) is 21.0. The second kappa shape index (κ2) is 11.0. The Morgan fingerprint density at radius 1 is 0.500 bits per heavy atom. The van der Waals surface area contributed by atoms with E-state index in [2.05, 4.69) is 168 Å².